The summed E-state index contributed by atoms with van der Waals surface area (Å²) in [6, 6.07) is 14.4. The maximum atomic E-state index is 14.0. The minimum atomic E-state index is -5.19. The van der Waals surface area contributed by atoms with Crippen LogP contribution in [0.1, 0.15) is 56.6 Å². The number of hydrogen-bond acceptors (Lipinski definition) is 5. The number of piperidine rings is 1. The van der Waals surface area contributed by atoms with Gasteiger partial charge in [-0.25, -0.2) is 0 Å². The lowest BCUT2D eigenvalue weighted by Crippen LogP contribution is -2.58. The molecule has 0 spiro atoms. The van der Waals surface area contributed by atoms with E-state index in [0.717, 1.165) is 36.9 Å². The molecule has 1 heterocycles. The molecular formula is C32H41Cl2F3N4O5. The summed E-state index contributed by atoms with van der Waals surface area (Å²) < 4.78 is 31.5. The fourth-order valence-corrected chi connectivity index (χ4v) is 5.61. The number of unbranched alkanes of at least 4 members (excludes halogenated alkanes) is 2. The lowest BCUT2D eigenvalue weighted by Gasteiger charge is -2.43. The minimum absolute atomic E-state index is 0.0400. The Morgan fingerprint density at radius 3 is 2.28 bits per heavy atom. The number of likely N-dealkylation sites (tertiary alicyclic amines) is 1. The first-order valence-corrected chi connectivity index (χ1v) is 15.9. The highest BCUT2D eigenvalue weighted by molar-refractivity contribution is 6.42. The predicted octanol–water partition coefficient (Wildman–Crippen LogP) is 3.11. The van der Waals surface area contributed by atoms with Gasteiger partial charge >= 0.3 is 6.18 Å². The van der Waals surface area contributed by atoms with Crippen LogP contribution in [0.3, 0.4) is 0 Å². The molecular weight excluding hydrogens is 648 g/mol. The van der Waals surface area contributed by atoms with Crippen molar-refractivity contribution < 1.29 is 43.2 Å². The van der Waals surface area contributed by atoms with Crippen molar-refractivity contribution in [3.8, 4) is 0 Å². The number of halogens is 5. The number of hydrogen-bond donors (Lipinski definition) is 3. The lowest BCUT2D eigenvalue weighted by atomic mass is 9.74. The Kier molecular flexibility index (Phi) is 15.8. The van der Waals surface area contributed by atoms with Crippen molar-refractivity contribution in [3.05, 3.63) is 69.7 Å². The van der Waals surface area contributed by atoms with Gasteiger partial charge in [0.2, 0.25) is 17.7 Å². The zero-order valence-electron chi connectivity index (χ0n) is 25.8. The number of nitrogens with zero attached hydrogens (tertiary/aromatic N) is 1. The molecule has 3 rings (SSSR count). The van der Waals surface area contributed by atoms with Gasteiger partial charge in [-0.3, -0.25) is 14.4 Å². The molecule has 0 aliphatic carbocycles. The van der Waals surface area contributed by atoms with Crippen LogP contribution in [0.5, 0.6) is 0 Å². The number of amides is 3. The number of nitrogens with one attached hydrogen (secondary N) is 2. The maximum Gasteiger partial charge on any atom is 0.430 e. The van der Waals surface area contributed by atoms with Crippen molar-refractivity contribution in [3.63, 3.8) is 0 Å². The summed E-state index contributed by atoms with van der Waals surface area (Å²) in [5.41, 5.74) is 4.97. The van der Waals surface area contributed by atoms with Crippen molar-refractivity contribution >= 4 is 46.9 Å². The monoisotopic (exact) mass is 688 g/mol. The normalized spacial score (nSPS) is 16.9. The van der Waals surface area contributed by atoms with Crippen LogP contribution < -0.4 is 21.5 Å². The first-order valence-electron chi connectivity index (χ1n) is 15.1. The van der Waals surface area contributed by atoms with E-state index in [1.165, 1.54) is 0 Å². The molecule has 2 aromatic rings. The Labute approximate surface area is 277 Å². The molecule has 0 saturated carbocycles. The Morgan fingerprint density at radius 1 is 1.02 bits per heavy atom. The molecule has 5 N–H and O–H groups in total. The van der Waals surface area contributed by atoms with E-state index in [4.69, 9.17) is 33.1 Å². The first kappa shape index (κ1) is 38.8. The number of alkyl halides is 3. The molecule has 2 aromatic carbocycles. The topological polar surface area (TPSA) is 146 Å². The molecule has 1 aliphatic heterocycles. The fourth-order valence-electron chi connectivity index (χ4n) is 5.29. The summed E-state index contributed by atoms with van der Waals surface area (Å²) in [5, 5.41) is 15.6. The van der Waals surface area contributed by atoms with E-state index in [1.807, 2.05) is 43.3 Å². The van der Waals surface area contributed by atoms with Crippen LogP contribution in [0.4, 0.5) is 13.2 Å². The number of benzene rings is 2. The van der Waals surface area contributed by atoms with Gasteiger partial charge in [-0.1, -0.05) is 59.6 Å². The summed E-state index contributed by atoms with van der Waals surface area (Å²) in [4.78, 5) is 50.8. The number of carbonyl (C=O) groups is 4. The second-order valence-corrected chi connectivity index (χ2v) is 12.0. The van der Waals surface area contributed by atoms with Gasteiger partial charge in [0.05, 0.1) is 22.0 Å². The third-order valence-corrected chi connectivity index (χ3v) is 8.27. The van der Waals surface area contributed by atoms with Crippen molar-refractivity contribution in [2.24, 2.45) is 5.41 Å². The largest absolute Gasteiger partial charge is 0.542 e. The summed E-state index contributed by atoms with van der Waals surface area (Å²) in [6.45, 7) is 4.09. The van der Waals surface area contributed by atoms with Gasteiger partial charge in [0.25, 0.3) is 0 Å². The van der Waals surface area contributed by atoms with E-state index in [1.54, 1.807) is 17.0 Å². The second kappa shape index (κ2) is 18.7. The molecule has 14 heteroatoms. The Hall–Kier alpha value is -3.35. The zero-order chi connectivity index (χ0) is 34.3. The van der Waals surface area contributed by atoms with Crippen LogP contribution in [0.15, 0.2) is 48.5 Å². The highest BCUT2D eigenvalue weighted by atomic mass is 35.5. The molecule has 46 heavy (non-hydrogen) atoms. The average Bonchev–Trinajstić information content (AvgIpc) is 3.01. The van der Waals surface area contributed by atoms with E-state index in [2.05, 4.69) is 16.4 Å². The van der Waals surface area contributed by atoms with E-state index < -0.39 is 23.6 Å². The molecule has 1 saturated heterocycles. The fraction of sp³-hybridized carbons (Fsp3) is 0.500. The highest BCUT2D eigenvalue weighted by Gasteiger charge is 2.44. The number of carboxylic acids is 1. The number of quaternary nitrogens is 1. The first-order chi connectivity index (χ1) is 21.7. The summed E-state index contributed by atoms with van der Waals surface area (Å²) in [7, 11) is 0. The average molecular weight is 690 g/mol. The number of carbonyl (C=O) groups excluding carboxylic acids is 4. The standard InChI is InChI=1S/C30H40Cl2N4O3.C2HF3O2/c1-2-34-29(39)30(20-22-10-5-3-6-11-22)15-9-17-36(21-30)28(38)26(35-27(37)12-7-4-8-16-33)19-23-13-14-24(31)25(32)18-23;3-2(4,5)1(6)7/h3,5-6,10-11,13-14,18,26H,2,4,7-9,12,15-17,19-21,33H2,1H3,(H,34,39)(H,35,37);(H,6,7)/t26-,30+;/m1./s1. The van der Waals surface area contributed by atoms with Crippen molar-refractivity contribution in [1.29, 1.82) is 0 Å². The van der Waals surface area contributed by atoms with E-state index in [0.29, 0.717) is 55.4 Å². The highest BCUT2D eigenvalue weighted by Crippen LogP contribution is 2.35. The van der Waals surface area contributed by atoms with E-state index >= 15 is 0 Å². The van der Waals surface area contributed by atoms with Gasteiger partial charge in [-0.2, -0.15) is 13.2 Å². The molecule has 254 valence electrons. The van der Waals surface area contributed by atoms with Gasteiger partial charge < -0.3 is 31.2 Å². The maximum absolute atomic E-state index is 14.0. The summed E-state index contributed by atoms with van der Waals surface area (Å²) >= 11 is 12.3. The van der Waals surface area contributed by atoms with Crippen molar-refractivity contribution in [2.75, 3.05) is 26.2 Å². The Bertz CT molecular complexity index is 1320. The van der Waals surface area contributed by atoms with Gasteiger partial charge in [0.1, 0.15) is 12.0 Å². The smallest absolute Gasteiger partial charge is 0.430 e. The Balaban J connectivity index is 0.000000942. The van der Waals surface area contributed by atoms with Crippen LogP contribution in [0.25, 0.3) is 0 Å². The molecule has 0 aromatic heterocycles. The van der Waals surface area contributed by atoms with E-state index in [-0.39, 0.29) is 24.1 Å². The molecule has 9 nitrogen and oxygen atoms in total. The van der Waals surface area contributed by atoms with Crippen LogP contribution in [0.2, 0.25) is 10.0 Å². The third-order valence-electron chi connectivity index (χ3n) is 7.54. The van der Waals surface area contributed by atoms with Crippen LogP contribution in [0, 0.1) is 5.41 Å². The third kappa shape index (κ3) is 12.4. The summed E-state index contributed by atoms with van der Waals surface area (Å²) in [5.74, 6) is -3.39. The van der Waals surface area contributed by atoms with Crippen LogP contribution >= 0.6 is 23.2 Å². The number of carboxylic acid groups (broad SMARTS) is 1. The van der Waals surface area contributed by atoms with Gasteiger partial charge in [0.15, 0.2) is 0 Å². The van der Waals surface area contributed by atoms with Gasteiger partial charge in [0, 0.05) is 32.5 Å². The van der Waals surface area contributed by atoms with E-state index in [9.17, 15) is 27.6 Å². The zero-order valence-corrected chi connectivity index (χ0v) is 27.3. The number of rotatable bonds is 13. The van der Waals surface area contributed by atoms with Crippen molar-refractivity contribution in [1.82, 2.24) is 15.5 Å². The molecule has 0 unspecified atom stereocenters. The quantitative estimate of drug-likeness (QED) is 0.277. The van der Waals surface area contributed by atoms with Gasteiger partial charge in [-0.15, -0.1) is 0 Å². The number of aliphatic carboxylic acids is 1. The molecule has 1 fully saturated rings. The van der Waals surface area contributed by atoms with Crippen molar-refractivity contribution in [2.45, 2.75) is 70.5 Å². The Morgan fingerprint density at radius 2 is 1.70 bits per heavy atom. The molecule has 1 aliphatic rings. The molecule has 3 amide bonds. The van der Waals surface area contributed by atoms with Gasteiger partial charge in [-0.05, 0) is 68.7 Å². The predicted molar refractivity (Wildman–Crippen MR) is 166 cm³/mol. The molecule has 2 atom stereocenters. The SMILES string of the molecule is CCNC(=O)[C@]1(Cc2ccccc2)CCCN(C(=O)[C@@H](Cc2ccc(Cl)c(Cl)c2)NC(=O)CCCCC[NH3+])C1.O=C([O-])C(F)(F)F. The summed E-state index contributed by atoms with van der Waals surface area (Å²) in [6.07, 6.45) is 0.00218. The van der Waals surface area contributed by atoms with Crippen LogP contribution in [-0.4, -0.2) is 67.0 Å². The lowest BCUT2D eigenvalue weighted by molar-refractivity contribution is -0.368. The molecule has 0 radical (unpaired) electrons. The molecule has 0 bridgehead atoms. The second-order valence-electron chi connectivity index (χ2n) is 11.2. The van der Waals surface area contributed by atoms with Crippen LogP contribution in [-0.2, 0) is 32.0 Å². The minimum Gasteiger partial charge on any atom is -0.542 e.